The minimum atomic E-state index is -0.286. The van der Waals surface area contributed by atoms with Gasteiger partial charge >= 0.3 is 11.9 Å². The Labute approximate surface area is 122 Å². The summed E-state index contributed by atoms with van der Waals surface area (Å²) in [5.74, 6) is -0.195. The van der Waals surface area contributed by atoms with Gasteiger partial charge in [0.2, 0.25) is 0 Å². The number of carbonyl (C=O) groups is 2. The minimum absolute atomic E-state index is 0.121. The summed E-state index contributed by atoms with van der Waals surface area (Å²) < 4.78 is 5.00. The van der Waals surface area contributed by atoms with Gasteiger partial charge in [0.15, 0.2) is 0 Å². The van der Waals surface area contributed by atoms with E-state index in [4.69, 9.17) is 4.74 Å². The molecule has 2 fully saturated rings. The quantitative estimate of drug-likeness (QED) is 0.570. The molecule has 0 spiro atoms. The van der Waals surface area contributed by atoms with E-state index in [1.807, 2.05) is 0 Å². The molecule has 1 aliphatic carbocycles. The molecular formula is C17H28O3. The van der Waals surface area contributed by atoms with Crippen molar-refractivity contribution in [2.24, 2.45) is 34.5 Å². The first-order chi connectivity index (χ1) is 9.16. The molecule has 1 saturated heterocycles. The number of fused-ring (bicyclic) bond motifs is 1. The van der Waals surface area contributed by atoms with Crippen molar-refractivity contribution >= 4 is 11.9 Å². The van der Waals surface area contributed by atoms with Gasteiger partial charge in [-0.25, -0.2) is 0 Å². The van der Waals surface area contributed by atoms with E-state index in [9.17, 15) is 9.59 Å². The van der Waals surface area contributed by atoms with E-state index in [2.05, 4.69) is 41.5 Å². The zero-order valence-electron chi connectivity index (χ0n) is 13.7. The molecule has 114 valence electrons. The van der Waals surface area contributed by atoms with Gasteiger partial charge in [0.25, 0.3) is 0 Å². The SMILES string of the molecule is CCC1(C(C)C)C2C(=O)OC(=O)C2CCC1C(C)(C)C. The maximum Gasteiger partial charge on any atom is 0.318 e. The normalized spacial score (nSPS) is 38.0. The fourth-order valence-electron chi connectivity index (χ4n) is 5.12. The molecule has 20 heavy (non-hydrogen) atoms. The number of carbonyl (C=O) groups excluding carboxylic acids is 2. The lowest BCUT2D eigenvalue weighted by Gasteiger charge is -2.55. The van der Waals surface area contributed by atoms with Gasteiger partial charge in [-0.1, -0.05) is 41.5 Å². The van der Waals surface area contributed by atoms with Gasteiger partial charge in [-0.15, -0.1) is 0 Å². The van der Waals surface area contributed by atoms with Gasteiger partial charge in [-0.05, 0) is 41.9 Å². The topological polar surface area (TPSA) is 43.4 Å². The van der Waals surface area contributed by atoms with Crippen LogP contribution in [0.15, 0.2) is 0 Å². The number of hydrogen-bond acceptors (Lipinski definition) is 3. The smallest absolute Gasteiger partial charge is 0.318 e. The Morgan fingerprint density at radius 2 is 1.80 bits per heavy atom. The van der Waals surface area contributed by atoms with Crippen LogP contribution < -0.4 is 0 Å². The molecule has 0 aromatic rings. The minimum Gasteiger partial charge on any atom is -0.393 e. The summed E-state index contributed by atoms with van der Waals surface area (Å²) in [5, 5.41) is 0. The molecular weight excluding hydrogens is 252 g/mol. The van der Waals surface area contributed by atoms with Gasteiger partial charge < -0.3 is 4.74 Å². The first-order valence-corrected chi connectivity index (χ1v) is 7.91. The molecule has 1 aliphatic heterocycles. The second kappa shape index (κ2) is 4.85. The van der Waals surface area contributed by atoms with Crippen molar-refractivity contribution in [2.75, 3.05) is 0 Å². The highest BCUT2D eigenvalue weighted by Gasteiger charge is 2.63. The first kappa shape index (κ1) is 15.5. The Kier molecular flexibility index (Phi) is 3.77. The van der Waals surface area contributed by atoms with Crippen LogP contribution in [0.2, 0.25) is 0 Å². The summed E-state index contributed by atoms with van der Waals surface area (Å²) >= 11 is 0. The van der Waals surface area contributed by atoms with Gasteiger partial charge in [-0.3, -0.25) is 9.59 Å². The van der Waals surface area contributed by atoms with E-state index in [0.29, 0.717) is 11.8 Å². The summed E-state index contributed by atoms with van der Waals surface area (Å²) in [7, 11) is 0. The molecule has 0 N–H and O–H groups in total. The molecule has 0 amide bonds. The maximum atomic E-state index is 12.3. The van der Waals surface area contributed by atoms with E-state index in [-0.39, 0.29) is 34.6 Å². The predicted molar refractivity (Wildman–Crippen MR) is 77.8 cm³/mol. The predicted octanol–water partition coefficient (Wildman–Crippen LogP) is 3.81. The third-order valence-electron chi connectivity index (χ3n) is 5.89. The molecule has 0 bridgehead atoms. The molecule has 2 rings (SSSR count). The lowest BCUT2D eigenvalue weighted by Crippen LogP contribution is -2.53. The van der Waals surface area contributed by atoms with Crippen molar-refractivity contribution in [1.29, 1.82) is 0 Å². The fourth-order valence-corrected chi connectivity index (χ4v) is 5.12. The van der Waals surface area contributed by atoms with Crippen molar-refractivity contribution in [1.82, 2.24) is 0 Å². The molecule has 4 unspecified atom stereocenters. The third kappa shape index (κ3) is 2.01. The zero-order valence-corrected chi connectivity index (χ0v) is 13.7. The highest BCUT2D eigenvalue weighted by atomic mass is 16.6. The number of hydrogen-bond donors (Lipinski definition) is 0. The van der Waals surface area contributed by atoms with E-state index < -0.39 is 0 Å². The lowest BCUT2D eigenvalue weighted by atomic mass is 9.47. The monoisotopic (exact) mass is 280 g/mol. The van der Waals surface area contributed by atoms with Crippen LogP contribution in [0.3, 0.4) is 0 Å². The number of rotatable bonds is 2. The Morgan fingerprint density at radius 3 is 2.25 bits per heavy atom. The van der Waals surface area contributed by atoms with Crippen molar-refractivity contribution in [3.8, 4) is 0 Å². The Morgan fingerprint density at radius 1 is 1.20 bits per heavy atom. The maximum absolute atomic E-state index is 12.3. The van der Waals surface area contributed by atoms with Crippen LogP contribution in [0.25, 0.3) is 0 Å². The summed E-state index contributed by atoms with van der Waals surface area (Å²) in [6.45, 7) is 13.3. The summed E-state index contributed by atoms with van der Waals surface area (Å²) in [4.78, 5) is 24.3. The standard InChI is InChI=1S/C17H28O3/c1-7-17(10(2)3)12(16(4,5)6)9-8-11-13(17)15(19)20-14(11)18/h10-13H,7-9H2,1-6H3. The molecule has 0 aromatic heterocycles. The van der Waals surface area contributed by atoms with Crippen LogP contribution >= 0.6 is 0 Å². The molecule has 3 heteroatoms. The molecule has 1 saturated carbocycles. The van der Waals surface area contributed by atoms with Gasteiger partial charge in [0, 0.05) is 0 Å². The fraction of sp³-hybridized carbons (Fsp3) is 0.882. The van der Waals surface area contributed by atoms with Crippen LogP contribution in [0.4, 0.5) is 0 Å². The van der Waals surface area contributed by atoms with Gasteiger partial charge in [-0.2, -0.15) is 0 Å². The van der Waals surface area contributed by atoms with E-state index in [1.165, 1.54) is 0 Å². The van der Waals surface area contributed by atoms with Crippen LogP contribution in [0, 0.1) is 34.5 Å². The second-order valence-corrected chi connectivity index (χ2v) is 7.94. The van der Waals surface area contributed by atoms with Crippen LogP contribution in [-0.4, -0.2) is 11.9 Å². The number of cyclic esters (lactones) is 2. The van der Waals surface area contributed by atoms with E-state index >= 15 is 0 Å². The summed E-state index contributed by atoms with van der Waals surface area (Å²) in [5.41, 5.74) is 0.0155. The molecule has 3 nitrogen and oxygen atoms in total. The van der Waals surface area contributed by atoms with Gasteiger partial charge in [0.1, 0.15) is 0 Å². The largest absolute Gasteiger partial charge is 0.393 e. The number of ether oxygens (including phenoxy) is 1. The lowest BCUT2D eigenvalue weighted by molar-refractivity contribution is -0.157. The van der Waals surface area contributed by atoms with Crippen molar-refractivity contribution < 1.29 is 14.3 Å². The Balaban J connectivity index is 2.55. The van der Waals surface area contributed by atoms with Gasteiger partial charge in [0.05, 0.1) is 11.8 Å². The summed E-state index contributed by atoms with van der Waals surface area (Å²) in [6, 6.07) is 0. The van der Waals surface area contributed by atoms with E-state index in [1.54, 1.807) is 0 Å². The van der Waals surface area contributed by atoms with Crippen molar-refractivity contribution in [2.45, 2.75) is 60.8 Å². The zero-order chi connectivity index (χ0) is 15.3. The molecule has 0 aromatic carbocycles. The van der Waals surface area contributed by atoms with Crippen molar-refractivity contribution in [3.63, 3.8) is 0 Å². The summed E-state index contributed by atoms with van der Waals surface area (Å²) in [6.07, 6.45) is 2.74. The average Bonchev–Trinajstić information content (AvgIpc) is 2.62. The Hall–Kier alpha value is -0.860. The molecule has 4 atom stereocenters. The van der Waals surface area contributed by atoms with Crippen molar-refractivity contribution in [3.05, 3.63) is 0 Å². The first-order valence-electron chi connectivity index (χ1n) is 7.91. The second-order valence-electron chi connectivity index (χ2n) is 7.94. The molecule has 1 heterocycles. The number of esters is 2. The van der Waals surface area contributed by atoms with Crippen LogP contribution in [0.5, 0.6) is 0 Å². The molecule has 2 aliphatic rings. The highest BCUT2D eigenvalue weighted by Crippen LogP contribution is 2.61. The van der Waals surface area contributed by atoms with E-state index in [0.717, 1.165) is 19.3 Å². The average molecular weight is 280 g/mol. The third-order valence-corrected chi connectivity index (χ3v) is 5.89. The highest BCUT2D eigenvalue weighted by molar-refractivity contribution is 5.97. The molecule has 0 radical (unpaired) electrons. The van der Waals surface area contributed by atoms with Crippen LogP contribution in [-0.2, 0) is 14.3 Å². The van der Waals surface area contributed by atoms with Crippen LogP contribution in [0.1, 0.15) is 60.8 Å². The Bertz CT molecular complexity index is 418.